The molecule has 2 aromatic rings. The first-order valence-electron chi connectivity index (χ1n) is 5.29. The summed E-state index contributed by atoms with van der Waals surface area (Å²) in [6.07, 6.45) is 4.37. The van der Waals surface area contributed by atoms with E-state index in [2.05, 4.69) is 21.9 Å². The first-order valence-corrected chi connectivity index (χ1v) is 5.29. The number of ether oxygens (including phenoxy) is 1. The van der Waals surface area contributed by atoms with Gasteiger partial charge < -0.3 is 9.72 Å². The van der Waals surface area contributed by atoms with Gasteiger partial charge in [0.15, 0.2) is 5.65 Å². The molecule has 0 spiro atoms. The number of nitrogens with zero attached hydrogens (tertiary/aromatic N) is 2. The third kappa shape index (κ3) is 1.51. The van der Waals surface area contributed by atoms with Crippen LogP contribution < -0.4 is 0 Å². The minimum Gasteiger partial charge on any atom is -0.367 e. The van der Waals surface area contributed by atoms with Gasteiger partial charge >= 0.3 is 0 Å². The quantitative estimate of drug-likeness (QED) is 0.773. The average Bonchev–Trinajstić information content (AvgIpc) is 2.82. The van der Waals surface area contributed by atoms with Crippen molar-refractivity contribution in [2.75, 3.05) is 0 Å². The second kappa shape index (κ2) is 3.31. The predicted molar refractivity (Wildman–Crippen MR) is 56.4 cm³/mol. The normalized spacial score (nSPS) is 26.2. The summed E-state index contributed by atoms with van der Waals surface area (Å²) in [5, 5.41) is 0. The largest absolute Gasteiger partial charge is 0.367 e. The molecule has 4 nitrogen and oxygen atoms in total. The summed E-state index contributed by atoms with van der Waals surface area (Å²) in [6, 6.07) is 3.89. The predicted octanol–water partition coefficient (Wildman–Crippen LogP) is 2.20. The molecule has 4 heteroatoms. The zero-order valence-electron chi connectivity index (χ0n) is 8.60. The maximum Gasteiger partial charge on any atom is 0.177 e. The SMILES string of the molecule is CC1CCC(c2nc3ncccc3[nH]2)O1. The van der Waals surface area contributed by atoms with E-state index in [9.17, 15) is 0 Å². The molecule has 0 aromatic carbocycles. The van der Waals surface area contributed by atoms with E-state index in [1.54, 1.807) is 6.20 Å². The summed E-state index contributed by atoms with van der Waals surface area (Å²) in [5.74, 6) is 0.910. The molecule has 0 amide bonds. The number of nitrogens with one attached hydrogen (secondary N) is 1. The second-order valence-electron chi connectivity index (χ2n) is 4.01. The smallest absolute Gasteiger partial charge is 0.177 e. The van der Waals surface area contributed by atoms with Crippen molar-refractivity contribution in [3.05, 3.63) is 24.2 Å². The highest BCUT2D eigenvalue weighted by Crippen LogP contribution is 2.31. The molecule has 2 aromatic heterocycles. The summed E-state index contributed by atoms with van der Waals surface area (Å²) in [5.41, 5.74) is 1.76. The van der Waals surface area contributed by atoms with Crippen molar-refractivity contribution >= 4 is 11.2 Å². The molecule has 2 atom stereocenters. The first-order chi connectivity index (χ1) is 7.33. The van der Waals surface area contributed by atoms with Gasteiger partial charge in [0.1, 0.15) is 11.9 Å². The van der Waals surface area contributed by atoms with Crippen molar-refractivity contribution in [1.82, 2.24) is 15.0 Å². The molecule has 3 rings (SSSR count). The lowest BCUT2D eigenvalue weighted by Crippen LogP contribution is -2.02. The molecule has 1 N–H and O–H groups in total. The maximum absolute atomic E-state index is 5.76. The number of imidazole rings is 1. The standard InChI is InChI=1S/C11H13N3O/c1-7-4-5-9(15-7)11-13-8-3-2-6-12-10(8)14-11/h2-3,6-7,9H,4-5H2,1H3,(H,12,13,14). The summed E-state index contributed by atoms with van der Waals surface area (Å²) < 4.78 is 5.76. The average molecular weight is 203 g/mol. The Bertz CT molecular complexity index is 446. The monoisotopic (exact) mass is 203 g/mol. The minimum atomic E-state index is 0.120. The van der Waals surface area contributed by atoms with Crippen LogP contribution in [0.1, 0.15) is 31.7 Å². The fourth-order valence-electron chi connectivity index (χ4n) is 2.02. The fourth-order valence-corrected chi connectivity index (χ4v) is 2.02. The topological polar surface area (TPSA) is 50.8 Å². The van der Waals surface area contributed by atoms with Gasteiger partial charge in [0.2, 0.25) is 0 Å². The number of pyridine rings is 1. The minimum absolute atomic E-state index is 0.120. The Kier molecular flexibility index (Phi) is 1.95. The van der Waals surface area contributed by atoms with Crippen LogP contribution in [0.3, 0.4) is 0 Å². The van der Waals surface area contributed by atoms with Gasteiger partial charge in [-0.3, -0.25) is 0 Å². The number of hydrogen-bond donors (Lipinski definition) is 1. The molecule has 0 aliphatic carbocycles. The highest BCUT2D eigenvalue weighted by molar-refractivity contribution is 5.69. The molecule has 1 aliphatic heterocycles. The van der Waals surface area contributed by atoms with Crippen molar-refractivity contribution in [3.8, 4) is 0 Å². The molecule has 2 unspecified atom stereocenters. The molecule has 1 aliphatic rings. The molecule has 15 heavy (non-hydrogen) atoms. The van der Waals surface area contributed by atoms with Crippen LogP contribution in [0.2, 0.25) is 0 Å². The third-order valence-corrected chi connectivity index (χ3v) is 2.81. The number of aromatic nitrogens is 3. The summed E-state index contributed by atoms with van der Waals surface area (Å²) in [4.78, 5) is 11.9. The lowest BCUT2D eigenvalue weighted by Gasteiger charge is -2.06. The molecular formula is C11H13N3O. The van der Waals surface area contributed by atoms with Gasteiger partial charge in [-0.05, 0) is 31.9 Å². The molecule has 0 saturated carbocycles. The van der Waals surface area contributed by atoms with E-state index < -0.39 is 0 Å². The molecule has 0 radical (unpaired) electrons. The van der Waals surface area contributed by atoms with Crippen molar-refractivity contribution in [3.63, 3.8) is 0 Å². The Morgan fingerprint density at radius 3 is 3.13 bits per heavy atom. The van der Waals surface area contributed by atoms with E-state index in [0.717, 1.165) is 29.8 Å². The van der Waals surface area contributed by atoms with Crippen molar-refractivity contribution in [2.24, 2.45) is 0 Å². The van der Waals surface area contributed by atoms with Gasteiger partial charge in [-0.2, -0.15) is 0 Å². The zero-order chi connectivity index (χ0) is 10.3. The fraction of sp³-hybridized carbons (Fsp3) is 0.455. The van der Waals surface area contributed by atoms with Crippen LogP contribution in [0.15, 0.2) is 18.3 Å². The molecule has 78 valence electrons. The van der Waals surface area contributed by atoms with Crippen LogP contribution in [0.25, 0.3) is 11.2 Å². The molecule has 0 bridgehead atoms. The van der Waals surface area contributed by atoms with E-state index in [4.69, 9.17) is 4.74 Å². The van der Waals surface area contributed by atoms with Crippen LogP contribution in [0, 0.1) is 0 Å². The van der Waals surface area contributed by atoms with E-state index in [1.807, 2.05) is 12.1 Å². The van der Waals surface area contributed by atoms with Crippen molar-refractivity contribution in [1.29, 1.82) is 0 Å². The van der Waals surface area contributed by atoms with E-state index in [0.29, 0.717) is 6.10 Å². The number of rotatable bonds is 1. The first kappa shape index (κ1) is 8.85. The number of fused-ring (bicyclic) bond motifs is 1. The zero-order valence-corrected chi connectivity index (χ0v) is 8.60. The van der Waals surface area contributed by atoms with E-state index in [1.165, 1.54) is 0 Å². The lowest BCUT2D eigenvalue weighted by molar-refractivity contribution is 0.0510. The van der Waals surface area contributed by atoms with Crippen LogP contribution >= 0.6 is 0 Å². The maximum atomic E-state index is 5.76. The number of H-pyrrole nitrogens is 1. The Balaban J connectivity index is 1.98. The van der Waals surface area contributed by atoms with Gasteiger partial charge in [0.25, 0.3) is 0 Å². The molecule has 3 heterocycles. The summed E-state index contributed by atoms with van der Waals surface area (Å²) in [7, 11) is 0. The van der Waals surface area contributed by atoms with Gasteiger partial charge in [-0.25, -0.2) is 9.97 Å². The van der Waals surface area contributed by atoms with Gasteiger partial charge in [0, 0.05) is 6.20 Å². The third-order valence-electron chi connectivity index (χ3n) is 2.81. The van der Waals surface area contributed by atoms with Crippen LogP contribution in [0.4, 0.5) is 0 Å². The van der Waals surface area contributed by atoms with Gasteiger partial charge in [-0.1, -0.05) is 0 Å². The lowest BCUT2D eigenvalue weighted by atomic mass is 10.2. The van der Waals surface area contributed by atoms with E-state index >= 15 is 0 Å². The summed E-state index contributed by atoms with van der Waals surface area (Å²) in [6.45, 7) is 2.10. The second-order valence-corrected chi connectivity index (χ2v) is 4.01. The number of aromatic amines is 1. The van der Waals surface area contributed by atoms with Crippen molar-refractivity contribution in [2.45, 2.75) is 32.0 Å². The highest BCUT2D eigenvalue weighted by atomic mass is 16.5. The van der Waals surface area contributed by atoms with Crippen LogP contribution in [-0.4, -0.2) is 21.1 Å². The Morgan fingerprint density at radius 1 is 1.47 bits per heavy atom. The Morgan fingerprint density at radius 2 is 2.40 bits per heavy atom. The number of hydrogen-bond acceptors (Lipinski definition) is 3. The van der Waals surface area contributed by atoms with Crippen LogP contribution in [0.5, 0.6) is 0 Å². The molecule has 1 saturated heterocycles. The highest BCUT2D eigenvalue weighted by Gasteiger charge is 2.25. The van der Waals surface area contributed by atoms with Gasteiger partial charge in [0.05, 0.1) is 11.6 Å². The summed E-state index contributed by atoms with van der Waals surface area (Å²) >= 11 is 0. The Labute approximate surface area is 87.7 Å². The molecule has 1 fully saturated rings. The molecular weight excluding hydrogens is 190 g/mol. The van der Waals surface area contributed by atoms with E-state index in [-0.39, 0.29) is 6.10 Å². The van der Waals surface area contributed by atoms with Crippen molar-refractivity contribution < 1.29 is 4.74 Å². The Hall–Kier alpha value is -1.42. The van der Waals surface area contributed by atoms with Gasteiger partial charge in [-0.15, -0.1) is 0 Å². The van der Waals surface area contributed by atoms with Crippen LogP contribution in [-0.2, 0) is 4.74 Å².